The lowest BCUT2D eigenvalue weighted by atomic mass is 9.96. The normalized spacial score (nSPS) is 13.7. The summed E-state index contributed by atoms with van der Waals surface area (Å²) >= 11 is 5.90. The van der Waals surface area contributed by atoms with Crippen LogP contribution in [0.2, 0.25) is 5.02 Å². The summed E-state index contributed by atoms with van der Waals surface area (Å²) in [7, 11) is -2.93. The largest absolute Gasteiger partial charge is 0.316 e. The molecule has 1 rings (SSSR count). The summed E-state index contributed by atoms with van der Waals surface area (Å²) < 4.78 is 22.7. The van der Waals surface area contributed by atoms with Crippen molar-refractivity contribution < 1.29 is 8.42 Å². The van der Waals surface area contributed by atoms with E-state index in [1.165, 1.54) is 6.26 Å². The van der Waals surface area contributed by atoms with Crippen LogP contribution in [0.3, 0.4) is 0 Å². The van der Waals surface area contributed by atoms with E-state index in [0.29, 0.717) is 17.4 Å². The predicted molar refractivity (Wildman–Crippen MR) is 86.2 cm³/mol. The highest BCUT2D eigenvalue weighted by Crippen LogP contribution is 2.22. The van der Waals surface area contributed by atoms with Crippen LogP contribution in [0.5, 0.6) is 0 Å². The highest BCUT2D eigenvalue weighted by molar-refractivity contribution is 7.90. The quantitative estimate of drug-likeness (QED) is 0.801. The summed E-state index contributed by atoms with van der Waals surface area (Å²) in [4.78, 5) is 0. The van der Waals surface area contributed by atoms with Gasteiger partial charge in [-0.25, -0.2) is 8.42 Å². The summed E-state index contributed by atoms with van der Waals surface area (Å²) in [5, 5.41) is 4.11. The Kier molecular flexibility index (Phi) is 7.00. The third kappa shape index (κ3) is 7.27. The van der Waals surface area contributed by atoms with Crippen molar-refractivity contribution in [1.82, 2.24) is 5.32 Å². The Morgan fingerprint density at radius 3 is 2.25 bits per heavy atom. The van der Waals surface area contributed by atoms with Crippen LogP contribution in [0.1, 0.15) is 31.7 Å². The van der Waals surface area contributed by atoms with Gasteiger partial charge in [-0.05, 0) is 42.5 Å². The molecule has 0 bridgehead atoms. The molecule has 5 heteroatoms. The van der Waals surface area contributed by atoms with Crippen LogP contribution in [0.15, 0.2) is 24.3 Å². The molecular formula is C15H24ClNO2S. The fourth-order valence-corrected chi connectivity index (χ4v) is 2.86. The zero-order valence-corrected chi connectivity index (χ0v) is 14.0. The maximum absolute atomic E-state index is 11.4. The van der Waals surface area contributed by atoms with Crippen LogP contribution in [-0.4, -0.2) is 33.5 Å². The molecule has 1 atom stereocenters. The van der Waals surface area contributed by atoms with E-state index in [0.717, 1.165) is 18.7 Å². The summed E-state index contributed by atoms with van der Waals surface area (Å²) in [5.74, 6) is 0.987. The molecule has 0 saturated carbocycles. The van der Waals surface area contributed by atoms with Gasteiger partial charge in [-0.1, -0.05) is 37.6 Å². The zero-order valence-electron chi connectivity index (χ0n) is 12.4. The van der Waals surface area contributed by atoms with Crippen LogP contribution in [0.25, 0.3) is 0 Å². The number of rotatable bonds is 8. The van der Waals surface area contributed by atoms with Crippen molar-refractivity contribution in [2.24, 2.45) is 5.92 Å². The SMILES string of the molecule is CC(C)CNCC(CCS(C)(=O)=O)c1ccc(Cl)cc1. The van der Waals surface area contributed by atoms with Crippen molar-refractivity contribution in [2.45, 2.75) is 26.2 Å². The van der Waals surface area contributed by atoms with E-state index in [1.54, 1.807) is 0 Å². The highest BCUT2D eigenvalue weighted by atomic mass is 35.5. The molecule has 0 spiro atoms. The van der Waals surface area contributed by atoms with E-state index in [1.807, 2.05) is 24.3 Å². The van der Waals surface area contributed by atoms with Gasteiger partial charge in [-0.2, -0.15) is 0 Å². The molecule has 0 saturated heterocycles. The van der Waals surface area contributed by atoms with Gasteiger partial charge in [0, 0.05) is 17.8 Å². The number of hydrogen-bond acceptors (Lipinski definition) is 3. The first-order chi connectivity index (χ1) is 9.28. The number of hydrogen-bond donors (Lipinski definition) is 1. The Morgan fingerprint density at radius 1 is 1.15 bits per heavy atom. The minimum absolute atomic E-state index is 0.195. The summed E-state index contributed by atoms with van der Waals surface area (Å²) in [5.41, 5.74) is 1.13. The Morgan fingerprint density at radius 2 is 1.75 bits per heavy atom. The average Bonchev–Trinajstić information content (AvgIpc) is 2.33. The van der Waals surface area contributed by atoms with E-state index in [-0.39, 0.29) is 11.7 Å². The molecule has 1 N–H and O–H groups in total. The van der Waals surface area contributed by atoms with Crippen LogP contribution in [0, 0.1) is 5.92 Å². The van der Waals surface area contributed by atoms with Gasteiger partial charge < -0.3 is 5.32 Å². The van der Waals surface area contributed by atoms with Crippen molar-refractivity contribution in [3.05, 3.63) is 34.9 Å². The number of nitrogens with one attached hydrogen (secondary N) is 1. The van der Waals surface area contributed by atoms with Crippen molar-refractivity contribution in [3.63, 3.8) is 0 Å². The average molecular weight is 318 g/mol. The molecule has 1 aromatic carbocycles. The summed E-state index contributed by atoms with van der Waals surface area (Å²) in [6.07, 6.45) is 1.92. The van der Waals surface area contributed by atoms with Gasteiger partial charge in [0.25, 0.3) is 0 Å². The topological polar surface area (TPSA) is 46.2 Å². The molecule has 0 amide bonds. The first-order valence-corrected chi connectivity index (χ1v) is 9.35. The Bertz CT molecular complexity index is 497. The van der Waals surface area contributed by atoms with E-state index in [4.69, 9.17) is 11.6 Å². The van der Waals surface area contributed by atoms with Crippen LogP contribution in [0.4, 0.5) is 0 Å². The number of halogens is 1. The molecule has 1 unspecified atom stereocenters. The zero-order chi connectivity index (χ0) is 15.2. The number of sulfone groups is 1. The first-order valence-electron chi connectivity index (χ1n) is 6.92. The molecule has 0 aliphatic heterocycles. The predicted octanol–water partition coefficient (Wildman–Crippen LogP) is 3.10. The monoisotopic (exact) mass is 317 g/mol. The highest BCUT2D eigenvalue weighted by Gasteiger charge is 2.14. The molecule has 0 aliphatic carbocycles. The number of benzene rings is 1. The van der Waals surface area contributed by atoms with E-state index in [9.17, 15) is 8.42 Å². The maximum atomic E-state index is 11.4. The van der Waals surface area contributed by atoms with Gasteiger partial charge in [0.1, 0.15) is 9.84 Å². The Labute approximate surface area is 127 Å². The molecule has 114 valence electrons. The summed E-state index contributed by atoms with van der Waals surface area (Å²) in [6.45, 7) is 6.03. The van der Waals surface area contributed by atoms with E-state index >= 15 is 0 Å². The molecule has 20 heavy (non-hydrogen) atoms. The van der Waals surface area contributed by atoms with Gasteiger partial charge >= 0.3 is 0 Å². The van der Waals surface area contributed by atoms with Crippen LogP contribution >= 0.6 is 11.6 Å². The maximum Gasteiger partial charge on any atom is 0.147 e. The molecular weight excluding hydrogens is 294 g/mol. The summed E-state index contributed by atoms with van der Waals surface area (Å²) in [6, 6.07) is 7.66. The van der Waals surface area contributed by atoms with Gasteiger partial charge in [0.15, 0.2) is 0 Å². The molecule has 0 fully saturated rings. The fourth-order valence-electron chi connectivity index (χ4n) is 2.02. The third-order valence-corrected chi connectivity index (χ3v) is 4.35. The Balaban J connectivity index is 2.70. The first kappa shape index (κ1) is 17.5. The molecule has 0 aromatic heterocycles. The molecule has 0 radical (unpaired) electrons. The van der Waals surface area contributed by atoms with Crippen molar-refractivity contribution >= 4 is 21.4 Å². The van der Waals surface area contributed by atoms with E-state index in [2.05, 4.69) is 19.2 Å². The molecule has 0 heterocycles. The second-order valence-corrected chi connectivity index (χ2v) is 8.42. The second kappa shape index (κ2) is 8.01. The lowest BCUT2D eigenvalue weighted by molar-refractivity contribution is 0.507. The lowest BCUT2D eigenvalue weighted by Crippen LogP contribution is -2.26. The molecule has 0 aliphatic rings. The van der Waals surface area contributed by atoms with Crippen molar-refractivity contribution in [2.75, 3.05) is 25.1 Å². The van der Waals surface area contributed by atoms with Gasteiger partial charge in [-0.15, -0.1) is 0 Å². The smallest absolute Gasteiger partial charge is 0.147 e. The lowest BCUT2D eigenvalue weighted by Gasteiger charge is -2.19. The Hall–Kier alpha value is -0.580. The van der Waals surface area contributed by atoms with Gasteiger partial charge in [-0.3, -0.25) is 0 Å². The second-order valence-electron chi connectivity index (χ2n) is 5.72. The van der Waals surface area contributed by atoms with Crippen LogP contribution < -0.4 is 5.32 Å². The minimum Gasteiger partial charge on any atom is -0.316 e. The van der Waals surface area contributed by atoms with Crippen LogP contribution in [-0.2, 0) is 9.84 Å². The van der Waals surface area contributed by atoms with Gasteiger partial charge in [0.2, 0.25) is 0 Å². The fraction of sp³-hybridized carbons (Fsp3) is 0.600. The molecule has 3 nitrogen and oxygen atoms in total. The van der Waals surface area contributed by atoms with Gasteiger partial charge in [0.05, 0.1) is 5.75 Å². The minimum atomic E-state index is -2.93. The van der Waals surface area contributed by atoms with Crippen molar-refractivity contribution in [3.8, 4) is 0 Å². The standard InChI is InChI=1S/C15H24ClNO2S/c1-12(2)10-17-11-14(8-9-20(3,18)19)13-4-6-15(16)7-5-13/h4-7,12,14,17H,8-11H2,1-3H3. The van der Waals surface area contributed by atoms with E-state index < -0.39 is 9.84 Å². The molecule has 1 aromatic rings. The third-order valence-electron chi connectivity index (χ3n) is 3.12. The van der Waals surface area contributed by atoms with Crippen molar-refractivity contribution in [1.29, 1.82) is 0 Å².